The number of para-hydroxylation sites is 1. The monoisotopic (exact) mass is 344 g/mol. The number of piperidine rings is 1. The first kappa shape index (κ1) is 16.4. The van der Waals surface area contributed by atoms with Crippen LogP contribution in [0, 0.1) is 11.7 Å². The second-order valence-corrected chi connectivity index (χ2v) is 7.34. The van der Waals surface area contributed by atoms with Crippen molar-refractivity contribution in [3.05, 3.63) is 24.0 Å². The lowest BCUT2D eigenvalue weighted by Gasteiger charge is -2.29. The molecular weight excluding hydrogens is 319 g/mol. The number of hydrogen-bond donors (Lipinski definition) is 1. The molecule has 1 aliphatic carbocycles. The number of fused-ring (bicyclic) bond motifs is 1. The summed E-state index contributed by atoms with van der Waals surface area (Å²) in [5.41, 5.74) is 1.17. The molecule has 6 heteroatoms. The van der Waals surface area contributed by atoms with Crippen LogP contribution in [0.4, 0.5) is 10.3 Å². The minimum absolute atomic E-state index is 0.113. The SMILES string of the molecule is Cn1c(N[C@H]2CC[C@@H](C(=O)N3CCCCC3)C2)nc2cccc(F)c21. The standard InChI is InChI=1S/C19H25FN4O/c1-23-17-15(20)6-5-7-16(17)22-19(23)21-14-9-8-13(12-14)18(25)24-10-3-2-4-11-24/h5-7,13-14H,2-4,8-12H2,1H3,(H,21,22)/t13-,14+/m1/s1. The zero-order valence-electron chi connectivity index (χ0n) is 14.7. The first-order chi connectivity index (χ1) is 12.1. The Morgan fingerprint density at radius 3 is 2.80 bits per heavy atom. The number of benzene rings is 1. The number of nitrogens with zero attached hydrogens (tertiary/aromatic N) is 3. The third kappa shape index (κ3) is 3.10. The summed E-state index contributed by atoms with van der Waals surface area (Å²) in [6.07, 6.45) is 6.21. The van der Waals surface area contributed by atoms with Gasteiger partial charge >= 0.3 is 0 Å². The third-order valence-electron chi connectivity index (χ3n) is 5.63. The molecule has 2 aromatic rings. The van der Waals surface area contributed by atoms with E-state index in [1.165, 1.54) is 12.5 Å². The van der Waals surface area contributed by atoms with Gasteiger partial charge in [-0.25, -0.2) is 9.37 Å². The molecule has 1 saturated heterocycles. The van der Waals surface area contributed by atoms with Crippen LogP contribution < -0.4 is 5.32 Å². The first-order valence-electron chi connectivity index (χ1n) is 9.30. The highest BCUT2D eigenvalue weighted by Crippen LogP contribution is 2.31. The van der Waals surface area contributed by atoms with Gasteiger partial charge in [0, 0.05) is 32.1 Å². The summed E-state index contributed by atoms with van der Waals surface area (Å²) in [6.45, 7) is 1.83. The molecule has 5 nitrogen and oxygen atoms in total. The van der Waals surface area contributed by atoms with Gasteiger partial charge in [0.25, 0.3) is 0 Å². The molecular formula is C19H25FN4O. The summed E-state index contributed by atoms with van der Waals surface area (Å²) in [6, 6.07) is 5.17. The molecule has 2 heterocycles. The molecule has 0 spiro atoms. The van der Waals surface area contributed by atoms with E-state index in [4.69, 9.17) is 0 Å². The molecule has 4 rings (SSSR count). The average molecular weight is 344 g/mol. The molecule has 0 radical (unpaired) electrons. The lowest BCUT2D eigenvalue weighted by Crippen LogP contribution is -2.39. The van der Waals surface area contributed by atoms with Crippen LogP contribution in [-0.4, -0.2) is 39.5 Å². The summed E-state index contributed by atoms with van der Waals surface area (Å²) >= 11 is 0. The fourth-order valence-corrected chi connectivity index (χ4v) is 4.24. The molecule has 1 aromatic heterocycles. The van der Waals surface area contributed by atoms with Gasteiger partial charge in [0.2, 0.25) is 11.9 Å². The highest BCUT2D eigenvalue weighted by Gasteiger charge is 2.33. The normalized spacial score (nSPS) is 24.0. The Morgan fingerprint density at radius 2 is 2.04 bits per heavy atom. The number of carbonyl (C=O) groups excluding carboxylic acids is 1. The number of amides is 1. The minimum atomic E-state index is -0.259. The largest absolute Gasteiger partial charge is 0.353 e. The molecule has 0 unspecified atom stereocenters. The number of nitrogens with one attached hydrogen (secondary N) is 1. The zero-order chi connectivity index (χ0) is 17.4. The molecule has 1 aromatic carbocycles. The van der Waals surface area contributed by atoms with E-state index in [0.717, 1.165) is 45.2 Å². The van der Waals surface area contributed by atoms with Gasteiger partial charge in [0.15, 0.2) is 0 Å². The second kappa shape index (κ2) is 6.65. The van der Waals surface area contributed by atoms with E-state index in [-0.39, 0.29) is 17.8 Å². The Bertz CT molecular complexity index is 781. The van der Waals surface area contributed by atoms with Gasteiger partial charge in [-0.3, -0.25) is 4.79 Å². The van der Waals surface area contributed by atoms with Gasteiger partial charge in [-0.1, -0.05) is 6.07 Å². The van der Waals surface area contributed by atoms with Crippen molar-refractivity contribution in [2.75, 3.05) is 18.4 Å². The van der Waals surface area contributed by atoms with Crippen LogP contribution in [0.25, 0.3) is 11.0 Å². The van der Waals surface area contributed by atoms with Crippen molar-refractivity contribution in [1.82, 2.24) is 14.5 Å². The van der Waals surface area contributed by atoms with Gasteiger partial charge in [-0.2, -0.15) is 0 Å². The molecule has 134 valence electrons. The number of halogens is 1. The van der Waals surface area contributed by atoms with Crippen LogP contribution >= 0.6 is 0 Å². The van der Waals surface area contributed by atoms with Crippen molar-refractivity contribution < 1.29 is 9.18 Å². The summed E-state index contributed by atoms with van der Waals surface area (Å²) in [5.74, 6) is 0.850. The Labute approximate surface area is 147 Å². The highest BCUT2D eigenvalue weighted by atomic mass is 19.1. The average Bonchev–Trinajstić information content (AvgIpc) is 3.21. The van der Waals surface area contributed by atoms with E-state index in [9.17, 15) is 9.18 Å². The molecule has 1 saturated carbocycles. The Morgan fingerprint density at radius 1 is 1.24 bits per heavy atom. The predicted octanol–water partition coefficient (Wildman–Crippen LogP) is 3.31. The van der Waals surface area contributed by atoms with Crippen LogP contribution in [0.5, 0.6) is 0 Å². The fraction of sp³-hybridized carbons (Fsp3) is 0.579. The van der Waals surface area contributed by atoms with E-state index in [2.05, 4.69) is 10.3 Å². The summed E-state index contributed by atoms with van der Waals surface area (Å²) in [7, 11) is 1.83. The van der Waals surface area contributed by atoms with Crippen molar-refractivity contribution in [1.29, 1.82) is 0 Å². The van der Waals surface area contributed by atoms with Crippen molar-refractivity contribution in [3.8, 4) is 0 Å². The molecule has 1 N–H and O–H groups in total. The van der Waals surface area contributed by atoms with Crippen LogP contribution in [-0.2, 0) is 11.8 Å². The lowest BCUT2D eigenvalue weighted by molar-refractivity contribution is -0.136. The Hall–Kier alpha value is -2.11. The van der Waals surface area contributed by atoms with E-state index in [0.29, 0.717) is 22.9 Å². The van der Waals surface area contributed by atoms with Gasteiger partial charge in [-0.05, 0) is 50.7 Å². The van der Waals surface area contributed by atoms with E-state index in [1.807, 2.05) is 18.0 Å². The molecule has 2 atom stereocenters. The van der Waals surface area contributed by atoms with Gasteiger partial charge in [-0.15, -0.1) is 0 Å². The van der Waals surface area contributed by atoms with E-state index >= 15 is 0 Å². The minimum Gasteiger partial charge on any atom is -0.353 e. The Balaban J connectivity index is 1.43. The smallest absolute Gasteiger partial charge is 0.225 e. The quantitative estimate of drug-likeness (QED) is 0.929. The molecule has 2 aliphatic rings. The number of aryl methyl sites for hydroxylation is 1. The summed E-state index contributed by atoms with van der Waals surface area (Å²) < 4.78 is 15.8. The molecule has 1 aliphatic heterocycles. The molecule has 2 fully saturated rings. The third-order valence-corrected chi connectivity index (χ3v) is 5.63. The van der Waals surface area contributed by atoms with Crippen LogP contribution in [0.1, 0.15) is 38.5 Å². The van der Waals surface area contributed by atoms with E-state index < -0.39 is 0 Å². The van der Waals surface area contributed by atoms with Gasteiger partial charge < -0.3 is 14.8 Å². The number of rotatable bonds is 3. The Kier molecular flexibility index (Phi) is 4.36. The number of likely N-dealkylation sites (tertiary alicyclic amines) is 1. The predicted molar refractivity (Wildman–Crippen MR) is 95.9 cm³/mol. The zero-order valence-corrected chi connectivity index (χ0v) is 14.7. The second-order valence-electron chi connectivity index (χ2n) is 7.34. The molecule has 1 amide bonds. The van der Waals surface area contributed by atoms with Crippen LogP contribution in [0.3, 0.4) is 0 Å². The van der Waals surface area contributed by atoms with Crippen molar-refractivity contribution in [2.24, 2.45) is 13.0 Å². The van der Waals surface area contributed by atoms with Crippen LogP contribution in [0.15, 0.2) is 18.2 Å². The number of hydrogen-bond acceptors (Lipinski definition) is 3. The van der Waals surface area contributed by atoms with Crippen molar-refractivity contribution >= 4 is 22.9 Å². The first-order valence-corrected chi connectivity index (χ1v) is 9.30. The topological polar surface area (TPSA) is 50.2 Å². The van der Waals surface area contributed by atoms with Crippen molar-refractivity contribution in [2.45, 2.75) is 44.6 Å². The number of carbonyl (C=O) groups is 1. The summed E-state index contributed by atoms with van der Waals surface area (Å²) in [5, 5.41) is 3.43. The maximum absolute atomic E-state index is 14.0. The lowest BCUT2D eigenvalue weighted by atomic mass is 10.0. The maximum Gasteiger partial charge on any atom is 0.225 e. The van der Waals surface area contributed by atoms with E-state index in [1.54, 1.807) is 10.6 Å². The fourth-order valence-electron chi connectivity index (χ4n) is 4.24. The maximum atomic E-state index is 14.0. The highest BCUT2D eigenvalue weighted by molar-refractivity contribution is 5.80. The van der Waals surface area contributed by atoms with Gasteiger partial charge in [0.05, 0.1) is 5.52 Å². The van der Waals surface area contributed by atoms with Crippen LogP contribution in [0.2, 0.25) is 0 Å². The number of aromatic nitrogens is 2. The molecule has 0 bridgehead atoms. The summed E-state index contributed by atoms with van der Waals surface area (Å²) in [4.78, 5) is 19.2. The van der Waals surface area contributed by atoms with Crippen molar-refractivity contribution in [3.63, 3.8) is 0 Å². The number of anilines is 1. The number of imidazole rings is 1. The molecule has 25 heavy (non-hydrogen) atoms. The van der Waals surface area contributed by atoms with Gasteiger partial charge in [0.1, 0.15) is 11.3 Å².